The standard InChI is InChI=1S/C15H13ClN2O3/c1-9(19)20-13-8-14(16)17-18-15(13)21-12-5-3-2-4-11(12)10-6-7-10/h2-5,8,10H,6-7H2,1H3. The van der Waals surface area contributed by atoms with Crippen LogP contribution in [0.2, 0.25) is 5.15 Å². The quantitative estimate of drug-likeness (QED) is 0.805. The molecule has 0 amide bonds. The van der Waals surface area contributed by atoms with Crippen LogP contribution in [0.3, 0.4) is 0 Å². The molecule has 5 nitrogen and oxygen atoms in total. The highest BCUT2D eigenvalue weighted by Crippen LogP contribution is 2.45. The van der Waals surface area contributed by atoms with Crippen LogP contribution in [-0.2, 0) is 4.79 Å². The molecular weight excluding hydrogens is 292 g/mol. The van der Waals surface area contributed by atoms with Crippen LogP contribution >= 0.6 is 11.6 Å². The number of rotatable bonds is 4. The molecule has 1 saturated carbocycles. The van der Waals surface area contributed by atoms with Gasteiger partial charge in [-0.25, -0.2) is 0 Å². The van der Waals surface area contributed by atoms with Gasteiger partial charge in [0.25, 0.3) is 5.88 Å². The number of halogens is 1. The molecule has 0 N–H and O–H groups in total. The van der Waals surface area contributed by atoms with E-state index >= 15 is 0 Å². The van der Waals surface area contributed by atoms with Gasteiger partial charge < -0.3 is 9.47 Å². The van der Waals surface area contributed by atoms with Crippen molar-refractivity contribution in [2.45, 2.75) is 25.7 Å². The zero-order chi connectivity index (χ0) is 14.8. The summed E-state index contributed by atoms with van der Waals surface area (Å²) in [6.07, 6.45) is 2.31. The van der Waals surface area contributed by atoms with Crippen molar-refractivity contribution in [3.05, 3.63) is 41.0 Å². The molecule has 0 atom stereocenters. The highest BCUT2D eigenvalue weighted by molar-refractivity contribution is 6.29. The number of nitrogens with zero attached hydrogens (tertiary/aromatic N) is 2. The lowest BCUT2D eigenvalue weighted by molar-refractivity contribution is -0.132. The third-order valence-electron chi connectivity index (χ3n) is 3.09. The topological polar surface area (TPSA) is 61.3 Å². The van der Waals surface area contributed by atoms with Crippen LogP contribution in [-0.4, -0.2) is 16.2 Å². The van der Waals surface area contributed by atoms with Gasteiger partial charge in [-0.05, 0) is 30.4 Å². The van der Waals surface area contributed by atoms with E-state index in [0.29, 0.717) is 11.7 Å². The van der Waals surface area contributed by atoms with Gasteiger partial charge in [0.15, 0.2) is 10.9 Å². The van der Waals surface area contributed by atoms with Gasteiger partial charge in [-0.15, -0.1) is 10.2 Å². The van der Waals surface area contributed by atoms with E-state index in [2.05, 4.69) is 10.2 Å². The number of para-hydroxylation sites is 1. The number of aromatic nitrogens is 2. The molecule has 0 saturated heterocycles. The lowest BCUT2D eigenvalue weighted by Crippen LogP contribution is -2.05. The number of carbonyl (C=O) groups excluding carboxylic acids is 1. The number of carbonyl (C=O) groups is 1. The molecule has 108 valence electrons. The van der Waals surface area contributed by atoms with E-state index in [4.69, 9.17) is 21.1 Å². The molecule has 2 aromatic rings. The zero-order valence-corrected chi connectivity index (χ0v) is 12.1. The van der Waals surface area contributed by atoms with Crippen LogP contribution in [0.5, 0.6) is 17.4 Å². The third-order valence-corrected chi connectivity index (χ3v) is 3.28. The largest absolute Gasteiger partial charge is 0.435 e. The summed E-state index contributed by atoms with van der Waals surface area (Å²) in [6, 6.07) is 9.16. The van der Waals surface area contributed by atoms with Crippen molar-refractivity contribution in [1.82, 2.24) is 10.2 Å². The predicted octanol–water partition coefficient (Wildman–Crippen LogP) is 3.73. The lowest BCUT2D eigenvalue weighted by atomic mass is 10.1. The number of benzene rings is 1. The first kappa shape index (κ1) is 13.8. The summed E-state index contributed by atoms with van der Waals surface area (Å²) in [5.41, 5.74) is 1.13. The van der Waals surface area contributed by atoms with E-state index in [1.165, 1.54) is 13.0 Å². The number of hydrogen-bond acceptors (Lipinski definition) is 5. The minimum Gasteiger partial charge on any atom is -0.435 e. The average Bonchev–Trinajstić information content (AvgIpc) is 3.26. The molecule has 1 aliphatic carbocycles. The highest BCUT2D eigenvalue weighted by atomic mass is 35.5. The molecule has 3 rings (SSSR count). The van der Waals surface area contributed by atoms with E-state index in [-0.39, 0.29) is 16.8 Å². The fourth-order valence-corrected chi connectivity index (χ4v) is 2.19. The lowest BCUT2D eigenvalue weighted by Gasteiger charge is -2.12. The van der Waals surface area contributed by atoms with Crippen molar-refractivity contribution >= 4 is 17.6 Å². The van der Waals surface area contributed by atoms with Crippen molar-refractivity contribution in [2.24, 2.45) is 0 Å². The highest BCUT2D eigenvalue weighted by Gasteiger charge is 2.27. The van der Waals surface area contributed by atoms with Gasteiger partial charge in [-0.2, -0.15) is 0 Å². The fourth-order valence-electron chi connectivity index (χ4n) is 2.05. The third kappa shape index (κ3) is 3.31. The fraction of sp³-hybridized carbons (Fsp3) is 0.267. The van der Waals surface area contributed by atoms with Gasteiger partial charge in [0.1, 0.15) is 5.75 Å². The van der Waals surface area contributed by atoms with Crippen LogP contribution in [0.1, 0.15) is 31.2 Å². The average molecular weight is 305 g/mol. The Hall–Kier alpha value is -2.14. The smallest absolute Gasteiger partial charge is 0.308 e. The second-order valence-corrected chi connectivity index (χ2v) is 5.23. The molecule has 21 heavy (non-hydrogen) atoms. The molecule has 0 unspecified atom stereocenters. The van der Waals surface area contributed by atoms with Crippen molar-refractivity contribution in [3.63, 3.8) is 0 Å². The summed E-state index contributed by atoms with van der Waals surface area (Å²) in [4.78, 5) is 11.1. The van der Waals surface area contributed by atoms with E-state index in [9.17, 15) is 4.79 Å². The monoisotopic (exact) mass is 304 g/mol. The first-order valence-corrected chi connectivity index (χ1v) is 6.99. The van der Waals surface area contributed by atoms with Gasteiger partial charge in [0.2, 0.25) is 0 Å². The molecule has 0 aliphatic heterocycles. The molecular formula is C15H13ClN2O3. The van der Waals surface area contributed by atoms with Crippen molar-refractivity contribution < 1.29 is 14.3 Å². The number of ether oxygens (including phenoxy) is 2. The molecule has 0 spiro atoms. The molecule has 1 aromatic carbocycles. The Kier molecular flexibility index (Phi) is 3.75. The summed E-state index contributed by atoms with van der Waals surface area (Å²) in [5, 5.41) is 7.73. The number of hydrogen-bond donors (Lipinski definition) is 0. The second kappa shape index (κ2) is 5.69. The molecule has 1 fully saturated rings. The Morgan fingerprint density at radius 3 is 2.71 bits per heavy atom. The Labute approximate surface area is 126 Å². The molecule has 0 radical (unpaired) electrons. The van der Waals surface area contributed by atoms with Crippen molar-refractivity contribution in [1.29, 1.82) is 0 Å². The Morgan fingerprint density at radius 1 is 1.24 bits per heavy atom. The van der Waals surface area contributed by atoms with Crippen LogP contribution < -0.4 is 9.47 Å². The summed E-state index contributed by atoms with van der Waals surface area (Å²) in [7, 11) is 0. The maximum atomic E-state index is 11.1. The molecule has 0 bridgehead atoms. The van der Waals surface area contributed by atoms with E-state index in [0.717, 1.165) is 18.4 Å². The SMILES string of the molecule is CC(=O)Oc1cc(Cl)nnc1Oc1ccccc1C1CC1. The molecule has 1 aliphatic rings. The first-order chi connectivity index (χ1) is 10.1. The van der Waals surface area contributed by atoms with Crippen molar-refractivity contribution in [3.8, 4) is 17.4 Å². The Morgan fingerprint density at radius 2 is 2.00 bits per heavy atom. The summed E-state index contributed by atoms with van der Waals surface area (Å²) in [6.45, 7) is 1.30. The second-order valence-electron chi connectivity index (χ2n) is 4.84. The Bertz CT molecular complexity index is 686. The first-order valence-electron chi connectivity index (χ1n) is 6.62. The van der Waals surface area contributed by atoms with Crippen LogP contribution in [0.4, 0.5) is 0 Å². The summed E-state index contributed by atoms with van der Waals surface area (Å²) in [5.74, 6) is 1.04. The Balaban J connectivity index is 1.92. The zero-order valence-electron chi connectivity index (χ0n) is 11.4. The van der Waals surface area contributed by atoms with E-state index in [1.807, 2.05) is 24.3 Å². The van der Waals surface area contributed by atoms with Gasteiger partial charge in [0, 0.05) is 13.0 Å². The summed E-state index contributed by atoms with van der Waals surface area (Å²) >= 11 is 5.77. The predicted molar refractivity (Wildman–Crippen MR) is 76.8 cm³/mol. The maximum Gasteiger partial charge on any atom is 0.308 e. The van der Waals surface area contributed by atoms with Crippen LogP contribution in [0, 0.1) is 0 Å². The minimum atomic E-state index is -0.473. The van der Waals surface area contributed by atoms with Crippen LogP contribution in [0.15, 0.2) is 30.3 Å². The maximum absolute atomic E-state index is 11.1. The molecule has 1 aromatic heterocycles. The van der Waals surface area contributed by atoms with Crippen LogP contribution in [0.25, 0.3) is 0 Å². The minimum absolute atomic E-state index is 0.127. The van der Waals surface area contributed by atoms with Gasteiger partial charge in [-0.3, -0.25) is 4.79 Å². The molecule has 6 heteroatoms. The van der Waals surface area contributed by atoms with Gasteiger partial charge in [-0.1, -0.05) is 29.8 Å². The van der Waals surface area contributed by atoms with E-state index < -0.39 is 5.97 Å². The number of esters is 1. The molecule has 1 heterocycles. The summed E-state index contributed by atoms with van der Waals surface area (Å²) < 4.78 is 10.9. The van der Waals surface area contributed by atoms with Crippen molar-refractivity contribution in [2.75, 3.05) is 0 Å². The van der Waals surface area contributed by atoms with Gasteiger partial charge >= 0.3 is 5.97 Å². The normalized spacial score (nSPS) is 13.8. The van der Waals surface area contributed by atoms with Gasteiger partial charge in [0.05, 0.1) is 0 Å². The van der Waals surface area contributed by atoms with E-state index in [1.54, 1.807) is 0 Å².